The fourth-order valence-corrected chi connectivity index (χ4v) is 2.06. The molecule has 1 unspecified atom stereocenters. The van der Waals surface area contributed by atoms with Crippen LogP contribution in [-0.2, 0) is 0 Å². The van der Waals surface area contributed by atoms with E-state index in [1.54, 1.807) is 6.07 Å². The van der Waals surface area contributed by atoms with Gasteiger partial charge in [0.2, 0.25) is 0 Å². The highest BCUT2D eigenvalue weighted by Gasteiger charge is 2.06. The van der Waals surface area contributed by atoms with Gasteiger partial charge in [0.15, 0.2) is 0 Å². The number of nitrogens with one attached hydrogen (secondary N) is 1. The lowest BCUT2D eigenvalue weighted by Gasteiger charge is -2.16. The van der Waals surface area contributed by atoms with Gasteiger partial charge in [0, 0.05) is 12.2 Å². The summed E-state index contributed by atoms with van der Waals surface area (Å²) >= 11 is 3.15. The maximum absolute atomic E-state index is 13.3. The molecule has 0 radical (unpaired) electrons. The van der Waals surface area contributed by atoms with Crippen molar-refractivity contribution in [3.8, 4) is 0 Å². The number of halogens is 2. The molecule has 1 N–H and O–H groups in total. The van der Waals surface area contributed by atoms with Gasteiger partial charge in [0.1, 0.15) is 5.82 Å². The molecular formula is C14H21BrFN. The van der Waals surface area contributed by atoms with Crippen LogP contribution in [0.4, 0.5) is 10.1 Å². The van der Waals surface area contributed by atoms with Crippen LogP contribution in [0.1, 0.15) is 39.5 Å². The Morgan fingerprint density at radius 3 is 2.71 bits per heavy atom. The van der Waals surface area contributed by atoms with Gasteiger partial charge in [-0.3, -0.25) is 0 Å². The Balaban J connectivity index is 2.45. The zero-order valence-corrected chi connectivity index (χ0v) is 12.2. The molecule has 0 amide bonds. The summed E-state index contributed by atoms with van der Waals surface area (Å²) in [6.45, 7) is 5.35. The average molecular weight is 302 g/mol. The van der Waals surface area contributed by atoms with E-state index in [0.717, 1.165) is 12.2 Å². The van der Waals surface area contributed by atoms with Gasteiger partial charge in [0.25, 0.3) is 0 Å². The van der Waals surface area contributed by atoms with E-state index < -0.39 is 0 Å². The molecule has 0 saturated heterocycles. The summed E-state index contributed by atoms with van der Waals surface area (Å²) < 4.78 is 13.8. The smallest absolute Gasteiger partial charge is 0.139 e. The Bertz CT molecular complexity index is 341. The number of hydrogen-bond acceptors (Lipinski definition) is 1. The van der Waals surface area contributed by atoms with Gasteiger partial charge in [-0.05, 0) is 46.5 Å². The van der Waals surface area contributed by atoms with Gasteiger partial charge in [-0.2, -0.15) is 0 Å². The zero-order chi connectivity index (χ0) is 12.7. The molecule has 3 heteroatoms. The molecule has 0 aliphatic heterocycles. The third-order valence-corrected chi connectivity index (χ3v) is 3.70. The maximum Gasteiger partial charge on any atom is 0.139 e. The molecule has 1 atom stereocenters. The molecule has 0 aromatic heterocycles. The van der Waals surface area contributed by atoms with Crippen molar-refractivity contribution in [3.05, 3.63) is 28.5 Å². The molecule has 1 aromatic carbocycles. The van der Waals surface area contributed by atoms with Gasteiger partial charge in [-0.25, -0.2) is 4.39 Å². The van der Waals surface area contributed by atoms with E-state index in [0.29, 0.717) is 10.4 Å². The lowest BCUT2D eigenvalue weighted by molar-refractivity contribution is 0.472. The lowest BCUT2D eigenvalue weighted by Crippen LogP contribution is -2.13. The first kappa shape index (κ1) is 14.5. The highest BCUT2D eigenvalue weighted by Crippen LogP contribution is 2.20. The van der Waals surface area contributed by atoms with E-state index in [9.17, 15) is 4.39 Å². The molecular weight excluding hydrogens is 281 g/mol. The van der Waals surface area contributed by atoms with Crippen LogP contribution in [-0.4, -0.2) is 6.54 Å². The molecule has 0 aliphatic rings. The molecule has 0 bridgehead atoms. The second kappa shape index (κ2) is 7.70. The first-order valence-corrected chi connectivity index (χ1v) is 7.15. The quantitative estimate of drug-likeness (QED) is 0.728. The maximum atomic E-state index is 13.3. The summed E-state index contributed by atoms with van der Waals surface area (Å²) in [7, 11) is 0. The average Bonchev–Trinajstić information content (AvgIpc) is 2.34. The molecule has 1 aromatic rings. The normalized spacial score (nSPS) is 12.5. The second-order valence-electron chi connectivity index (χ2n) is 4.43. The first-order chi connectivity index (χ1) is 8.17. The summed E-state index contributed by atoms with van der Waals surface area (Å²) in [5.41, 5.74) is 0.862. The highest BCUT2D eigenvalue weighted by molar-refractivity contribution is 9.10. The van der Waals surface area contributed by atoms with Crippen molar-refractivity contribution in [1.29, 1.82) is 0 Å². The molecule has 0 heterocycles. The zero-order valence-electron chi connectivity index (χ0n) is 10.6. The minimum absolute atomic E-state index is 0.211. The third-order valence-electron chi connectivity index (χ3n) is 3.06. The summed E-state index contributed by atoms with van der Waals surface area (Å²) in [5, 5.41) is 3.31. The van der Waals surface area contributed by atoms with Crippen LogP contribution >= 0.6 is 15.9 Å². The molecule has 0 saturated carbocycles. The number of benzene rings is 1. The fourth-order valence-electron chi connectivity index (χ4n) is 1.81. The molecule has 0 fully saturated rings. The van der Waals surface area contributed by atoms with E-state index in [1.165, 1.54) is 31.7 Å². The minimum atomic E-state index is -0.211. The van der Waals surface area contributed by atoms with Crippen LogP contribution < -0.4 is 5.32 Å². The van der Waals surface area contributed by atoms with Crippen molar-refractivity contribution in [2.45, 2.75) is 39.5 Å². The van der Waals surface area contributed by atoms with E-state index in [1.807, 2.05) is 6.07 Å². The minimum Gasteiger partial charge on any atom is -0.385 e. The van der Waals surface area contributed by atoms with Gasteiger partial charge < -0.3 is 5.32 Å². The second-order valence-corrected chi connectivity index (χ2v) is 5.28. The van der Waals surface area contributed by atoms with E-state index >= 15 is 0 Å². The van der Waals surface area contributed by atoms with E-state index in [-0.39, 0.29) is 5.82 Å². The molecule has 96 valence electrons. The van der Waals surface area contributed by atoms with Gasteiger partial charge in [0.05, 0.1) is 4.47 Å². The van der Waals surface area contributed by atoms with Gasteiger partial charge in [-0.1, -0.05) is 33.1 Å². The van der Waals surface area contributed by atoms with E-state index in [4.69, 9.17) is 0 Å². The molecule has 0 spiro atoms. The third kappa shape index (κ3) is 5.07. The van der Waals surface area contributed by atoms with Crippen LogP contribution in [0.5, 0.6) is 0 Å². The van der Waals surface area contributed by atoms with Crippen molar-refractivity contribution in [3.63, 3.8) is 0 Å². The largest absolute Gasteiger partial charge is 0.385 e. The monoisotopic (exact) mass is 301 g/mol. The van der Waals surface area contributed by atoms with Crippen molar-refractivity contribution in [2.24, 2.45) is 5.92 Å². The summed E-state index contributed by atoms with van der Waals surface area (Å²) in [5.74, 6) is 0.471. The standard InChI is InChI=1S/C14H21BrFN/c1-3-5-6-11(4-2)10-17-12-7-8-13(15)14(16)9-12/h7-9,11,17H,3-6,10H2,1-2H3. The fraction of sp³-hybridized carbons (Fsp3) is 0.571. The van der Waals surface area contributed by atoms with Crippen LogP contribution in [0.25, 0.3) is 0 Å². The Morgan fingerprint density at radius 1 is 1.35 bits per heavy atom. The highest BCUT2D eigenvalue weighted by atomic mass is 79.9. The Hall–Kier alpha value is -0.570. The van der Waals surface area contributed by atoms with Crippen molar-refractivity contribution >= 4 is 21.6 Å². The van der Waals surface area contributed by atoms with Crippen LogP contribution in [0.2, 0.25) is 0 Å². The summed E-state index contributed by atoms with van der Waals surface area (Å²) in [6.07, 6.45) is 4.93. The van der Waals surface area contributed by atoms with Gasteiger partial charge >= 0.3 is 0 Å². The van der Waals surface area contributed by atoms with Crippen molar-refractivity contribution in [1.82, 2.24) is 0 Å². The number of unbranched alkanes of at least 4 members (excludes halogenated alkanes) is 1. The molecule has 17 heavy (non-hydrogen) atoms. The Kier molecular flexibility index (Phi) is 6.56. The van der Waals surface area contributed by atoms with Crippen LogP contribution in [0.15, 0.2) is 22.7 Å². The Morgan fingerprint density at radius 2 is 2.12 bits per heavy atom. The molecule has 1 rings (SSSR count). The number of hydrogen-bond donors (Lipinski definition) is 1. The van der Waals surface area contributed by atoms with Crippen LogP contribution in [0.3, 0.4) is 0 Å². The number of anilines is 1. The summed E-state index contributed by atoms with van der Waals surface area (Å²) in [4.78, 5) is 0. The first-order valence-electron chi connectivity index (χ1n) is 6.36. The van der Waals surface area contributed by atoms with E-state index in [2.05, 4.69) is 35.1 Å². The van der Waals surface area contributed by atoms with Gasteiger partial charge in [-0.15, -0.1) is 0 Å². The Labute approximate surface area is 112 Å². The van der Waals surface area contributed by atoms with Crippen molar-refractivity contribution in [2.75, 3.05) is 11.9 Å². The topological polar surface area (TPSA) is 12.0 Å². The van der Waals surface area contributed by atoms with Crippen molar-refractivity contribution < 1.29 is 4.39 Å². The molecule has 1 nitrogen and oxygen atoms in total. The predicted octanol–water partition coefficient (Wildman–Crippen LogP) is 5.22. The predicted molar refractivity (Wildman–Crippen MR) is 75.9 cm³/mol. The lowest BCUT2D eigenvalue weighted by atomic mass is 9.99. The van der Waals surface area contributed by atoms with Crippen LogP contribution in [0, 0.1) is 11.7 Å². The number of rotatable bonds is 7. The molecule has 0 aliphatic carbocycles. The SMILES string of the molecule is CCCCC(CC)CNc1ccc(Br)c(F)c1. The summed E-state index contributed by atoms with van der Waals surface area (Å²) in [6, 6.07) is 5.18.